The Kier molecular flexibility index (Phi) is 9.33. The molecule has 1 atom stereocenters. The second kappa shape index (κ2) is 16.2. The normalized spacial score (nSPS) is 14.1. The minimum Gasteiger partial charge on any atom is -0.310 e. The molecule has 1 unspecified atom stereocenters. The Morgan fingerprint density at radius 2 is 0.657 bits per heavy atom. The van der Waals surface area contributed by atoms with Gasteiger partial charge in [-0.3, -0.25) is 0 Å². The van der Waals surface area contributed by atoms with Crippen LogP contribution in [0, 0.1) is 0 Å². The minimum atomic E-state index is -0.652. The van der Waals surface area contributed by atoms with Gasteiger partial charge < -0.3 is 9.80 Å². The van der Waals surface area contributed by atoms with Gasteiger partial charge in [-0.15, -0.1) is 11.3 Å². The van der Waals surface area contributed by atoms with E-state index in [4.69, 9.17) is 0 Å². The van der Waals surface area contributed by atoms with Crippen LogP contribution in [0.5, 0.6) is 0 Å². The second-order valence-corrected chi connectivity index (χ2v) is 19.4. The lowest BCUT2D eigenvalue weighted by molar-refractivity contribution is 0.793. The van der Waals surface area contributed by atoms with E-state index in [1.807, 2.05) is 11.3 Å². The molecule has 328 valence electrons. The maximum Gasteiger partial charge on any atom is 0.0727 e. The van der Waals surface area contributed by atoms with Crippen LogP contribution in [0.3, 0.4) is 0 Å². The fourth-order valence-corrected chi connectivity index (χ4v) is 12.8. The van der Waals surface area contributed by atoms with Crippen LogP contribution in [-0.4, -0.2) is 0 Å². The van der Waals surface area contributed by atoms with E-state index in [2.05, 4.69) is 277 Å². The highest BCUT2D eigenvalue weighted by Gasteiger charge is 2.52. The molecule has 0 N–H and O–H groups in total. The van der Waals surface area contributed by atoms with Gasteiger partial charge in [-0.25, -0.2) is 0 Å². The second-order valence-electron chi connectivity index (χ2n) is 18.4. The lowest BCUT2D eigenvalue weighted by atomic mass is 9.70. The standard InChI is InChI=1S/C67H44N2S/c1-6-22-45(23-7-1)54-41-56-51-32-16-19-35-59(51)67(61(56)43-63(54)68(47-26-10-3-11-27-47)48-28-12-4-13-29-48)60-36-20-17-33-52(60)57-42-55(46-24-8-2-9-25-46)64(44-62(57)67)69(49-30-14-5-15-31-49)50-38-39-66-58(40-50)53-34-18-21-37-65(53)70-66/h1-44H. The SMILES string of the molecule is c1ccc(-c2cc3c(cc2N(c2ccccc2)c2ccccc2)C2(c4ccccc4-3)c3ccccc3-c3cc(-c4ccccc4)c(N(c4ccccc4)c4ccc5sc6ccccc6c5c4)cc32)cc1. The first-order valence-corrected chi connectivity index (χ1v) is 24.9. The van der Waals surface area contributed by atoms with Crippen LogP contribution in [0.15, 0.2) is 267 Å². The topological polar surface area (TPSA) is 6.48 Å². The number of rotatable bonds is 8. The first-order valence-electron chi connectivity index (χ1n) is 24.1. The van der Waals surface area contributed by atoms with E-state index >= 15 is 0 Å². The van der Waals surface area contributed by atoms with Crippen molar-refractivity contribution in [3.05, 3.63) is 289 Å². The molecule has 0 radical (unpaired) electrons. The van der Waals surface area contributed by atoms with Crippen molar-refractivity contribution in [3.63, 3.8) is 0 Å². The highest BCUT2D eigenvalue weighted by Crippen LogP contribution is 2.65. The van der Waals surface area contributed by atoms with Crippen molar-refractivity contribution in [2.75, 3.05) is 9.80 Å². The summed E-state index contributed by atoms with van der Waals surface area (Å²) in [5, 5.41) is 2.56. The Morgan fingerprint density at radius 3 is 1.16 bits per heavy atom. The van der Waals surface area contributed by atoms with E-state index in [9.17, 15) is 0 Å². The zero-order valence-electron chi connectivity index (χ0n) is 38.2. The van der Waals surface area contributed by atoms with E-state index < -0.39 is 5.41 Å². The van der Waals surface area contributed by atoms with Crippen molar-refractivity contribution in [2.45, 2.75) is 5.41 Å². The van der Waals surface area contributed by atoms with Gasteiger partial charge in [0.05, 0.1) is 16.8 Å². The molecule has 0 saturated carbocycles. The van der Waals surface area contributed by atoms with Gasteiger partial charge in [-0.1, -0.05) is 182 Å². The fraction of sp³-hybridized carbons (Fsp3) is 0.0149. The maximum absolute atomic E-state index is 2.56. The molecule has 2 nitrogen and oxygen atoms in total. The number of para-hydroxylation sites is 3. The summed E-state index contributed by atoms with van der Waals surface area (Å²) < 4.78 is 2.59. The lowest BCUT2D eigenvalue weighted by Gasteiger charge is -2.34. The van der Waals surface area contributed by atoms with Crippen LogP contribution in [0.2, 0.25) is 0 Å². The van der Waals surface area contributed by atoms with Crippen molar-refractivity contribution in [3.8, 4) is 44.5 Å². The third-order valence-electron chi connectivity index (χ3n) is 14.6. The van der Waals surface area contributed by atoms with Gasteiger partial charge in [0.25, 0.3) is 0 Å². The lowest BCUT2D eigenvalue weighted by Crippen LogP contribution is -2.27. The predicted octanol–water partition coefficient (Wildman–Crippen LogP) is 18.7. The Morgan fingerprint density at radius 1 is 0.257 bits per heavy atom. The first-order chi connectivity index (χ1) is 34.7. The summed E-state index contributed by atoms with van der Waals surface area (Å²) in [5.41, 5.74) is 20.9. The molecule has 3 heteroatoms. The van der Waals surface area contributed by atoms with E-state index in [1.54, 1.807) is 0 Å². The summed E-state index contributed by atoms with van der Waals surface area (Å²) >= 11 is 1.86. The molecular weight excluding hydrogens is 865 g/mol. The third-order valence-corrected chi connectivity index (χ3v) is 15.8. The number of thiophene rings is 1. The van der Waals surface area contributed by atoms with E-state index in [-0.39, 0.29) is 0 Å². The molecule has 12 aromatic rings. The highest BCUT2D eigenvalue weighted by atomic mass is 32.1. The molecule has 70 heavy (non-hydrogen) atoms. The Bertz CT molecular complexity index is 3890. The number of hydrogen-bond donors (Lipinski definition) is 0. The molecule has 2 aliphatic rings. The molecule has 0 fully saturated rings. The predicted molar refractivity (Wildman–Crippen MR) is 296 cm³/mol. The van der Waals surface area contributed by atoms with Crippen molar-refractivity contribution in [1.29, 1.82) is 0 Å². The van der Waals surface area contributed by atoms with E-state index in [0.29, 0.717) is 0 Å². The molecule has 0 saturated heterocycles. The number of anilines is 6. The summed E-state index contributed by atoms with van der Waals surface area (Å²) in [6, 6.07) is 98.9. The molecule has 1 heterocycles. The quantitative estimate of drug-likeness (QED) is 0.150. The Balaban J connectivity index is 1.11. The van der Waals surface area contributed by atoms with E-state index in [1.165, 1.54) is 86.9 Å². The van der Waals surface area contributed by atoms with Crippen molar-refractivity contribution in [1.82, 2.24) is 0 Å². The van der Waals surface area contributed by atoms with Crippen LogP contribution >= 0.6 is 11.3 Å². The summed E-state index contributed by atoms with van der Waals surface area (Å²) in [7, 11) is 0. The van der Waals surface area contributed by atoms with Crippen LogP contribution in [-0.2, 0) is 5.41 Å². The zero-order valence-corrected chi connectivity index (χ0v) is 39.0. The van der Waals surface area contributed by atoms with Gasteiger partial charge in [0, 0.05) is 54.0 Å². The molecular formula is C67H44N2S. The van der Waals surface area contributed by atoms with Gasteiger partial charge >= 0.3 is 0 Å². The van der Waals surface area contributed by atoms with Crippen molar-refractivity contribution in [2.24, 2.45) is 0 Å². The van der Waals surface area contributed by atoms with Crippen molar-refractivity contribution >= 4 is 65.6 Å². The van der Waals surface area contributed by atoms with Crippen molar-refractivity contribution < 1.29 is 0 Å². The van der Waals surface area contributed by atoms with Gasteiger partial charge in [0.15, 0.2) is 0 Å². The molecule has 11 aromatic carbocycles. The number of benzene rings is 11. The highest BCUT2D eigenvalue weighted by molar-refractivity contribution is 7.25. The average Bonchev–Trinajstić information content (AvgIpc) is 4.05. The van der Waals surface area contributed by atoms with Crippen LogP contribution < -0.4 is 9.80 Å². The van der Waals surface area contributed by atoms with Crippen LogP contribution in [0.25, 0.3) is 64.7 Å². The zero-order chi connectivity index (χ0) is 46.2. The Hall–Kier alpha value is -8.76. The average molecular weight is 909 g/mol. The summed E-state index contributed by atoms with van der Waals surface area (Å²) in [6.07, 6.45) is 0. The molecule has 2 aliphatic carbocycles. The van der Waals surface area contributed by atoms with Gasteiger partial charge in [0.2, 0.25) is 0 Å². The molecule has 0 bridgehead atoms. The summed E-state index contributed by atoms with van der Waals surface area (Å²) in [6.45, 7) is 0. The number of fused-ring (bicyclic) bond motifs is 13. The van der Waals surface area contributed by atoms with Crippen LogP contribution in [0.4, 0.5) is 34.1 Å². The van der Waals surface area contributed by atoms with E-state index in [0.717, 1.165) is 34.1 Å². The minimum absolute atomic E-state index is 0.652. The fourth-order valence-electron chi connectivity index (χ4n) is 11.7. The molecule has 1 spiro atoms. The summed E-state index contributed by atoms with van der Waals surface area (Å²) in [4.78, 5) is 4.95. The summed E-state index contributed by atoms with van der Waals surface area (Å²) in [5.74, 6) is 0. The van der Waals surface area contributed by atoms with Crippen LogP contribution in [0.1, 0.15) is 22.3 Å². The molecule has 14 rings (SSSR count). The van der Waals surface area contributed by atoms with Gasteiger partial charge in [-0.2, -0.15) is 0 Å². The monoisotopic (exact) mass is 908 g/mol. The molecule has 0 amide bonds. The molecule has 0 aliphatic heterocycles. The molecule has 1 aromatic heterocycles. The number of hydrogen-bond acceptors (Lipinski definition) is 3. The number of nitrogens with zero attached hydrogens (tertiary/aromatic N) is 2. The first kappa shape index (κ1) is 40.3. The Labute approximate surface area is 412 Å². The largest absolute Gasteiger partial charge is 0.310 e. The third kappa shape index (κ3) is 6.12. The smallest absolute Gasteiger partial charge is 0.0727 e. The van der Waals surface area contributed by atoms with Gasteiger partial charge in [0.1, 0.15) is 0 Å². The maximum atomic E-state index is 2.56. The van der Waals surface area contributed by atoms with Gasteiger partial charge in [-0.05, 0) is 141 Å².